The van der Waals surface area contributed by atoms with E-state index in [-0.39, 0.29) is 18.0 Å². The monoisotopic (exact) mass is 390 g/mol. The number of hydrogen-bond donors (Lipinski definition) is 2. The van der Waals surface area contributed by atoms with Crippen molar-refractivity contribution in [1.82, 2.24) is 5.32 Å². The lowest BCUT2D eigenvalue weighted by Gasteiger charge is -2.21. The zero-order chi connectivity index (χ0) is 17.7. The first-order valence-electron chi connectivity index (χ1n) is 7.87. The largest absolute Gasteiger partial charge is 0.495 e. The molecular weight excluding hydrogens is 368 g/mol. The molecule has 0 radical (unpaired) electrons. The van der Waals surface area contributed by atoms with Crippen LogP contribution in [0.5, 0.6) is 5.75 Å². The number of benzene rings is 2. The summed E-state index contributed by atoms with van der Waals surface area (Å²) in [6.07, 6.45) is 0. The number of halogens is 1. The average molecular weight is 391 g/mol. The Bertz CT molecular complexity index is 701. The molecule has 128 valence electrons. The zero-order valence-corrected chi connectivity index (χ0v) is 16.0. The molecule has 2 aromatic rings. The van der Waals surface area contributed by atoms with Gasteiger partial charge in [-0.1, -0.05) is 34.1 Å². The van der Waals surface area contributed by atoms with Crippen molar-refractivity contribution in [2.24, 2.45) is 0 Å². The summed E-state index contributed by atoms with van der Waals surface area (Å²) in [5.74, 6) is 0.560. The van der Waals surface area contributed by atoms with Crippen LogP contribution < -0.4 is 15.4 Å². The number of nitrogens with one attached hydrogen (secondary N) is 2. The third-order valence-electron chi connectivity index (χ3n) is 3.88. The highest BCUT2D eigenvalue weighted by atomic mass is 79.9. The molecule has 0 saturated heterocycles. The Morgan fingerprint density at radius 2 is 1.79 bits per heavy atom. The summed E-state index contributed by atoms with van der Waals surface area (Å²) >= 11 is 3.43. The fourth-order valence-electron chi connectivity index (χ4n) is 2.46. The van der Waals surface area contributed by atoms with Gasteiger partial charge in [-0.2, -0.15) is 0 Å². The lowest BCUT2D eigenvalue weighted by Crippen LogP contribution is -2.39. The number of ether oxygens (including phenoxy) is 1. The number of amides is 1. The van der Waals surface area contributed by atoms with Gasteiger partial charge in [-0.25, -0.2) is 0 Å². The molecule has 0 unspecified atom stereocenters. The first-order chi connectivity index (χ1) is 11.4. The molecule has 2 aromatic carbocycles. The van der Waals surface area contributed by atoms with Gasteiger partial charge >= 0.3 is 0 Å². The lowest BCUT2D eigenvalue weighted by molar-refractivity contribution is -0.117. The number of carbonyl (C=O) groups is 1. The molecule has 0 aliphatic heterocycles. The maximum atomic E-state index is 12.5. The summed E-state index contributed by atoms with van der Waals surface area (Å²) in [6, 6.07) is 13.5. The van der Waals surface area contributed by atoms with Gasteiger partial charge in [-0.15, -0.1) is 0 Å². The van der Waals surface area contributed by atoms with E-state index in [9.17, 15) is 4.79 Å². The Balaban J connectivity index is 2.02. The summed E-state index contributed by atoms with van der Waals surface area (Å²) in [4.78, 5) is 12.5. The fraction of sp³-hybridized carbons (Fsp3) is 0.316. The second-order valence-corrected chi connectivity index (χ2v) is 6.77. The Morgan fingerprint density at radius 3 is 2.42 bits per heavy atom. The number of hydrogen-bond acceptors (Lipinski definition) is 3. The highest BCUT2D eigenvalue weighted by Crippen LogP contribution is 2.25. The number of carbonyl (C=O) groups excluding carboxylic acids is 1. The molecule has 0 aliphatic rings. The van der Waals surface area contributed by atoms with E-state index >= 15 is 0 Å². The summed E-state index contributed by atoms with van der Waals surface area (Å²) in [5.41, 5.74) is 2.88. The highest BCUT2D eigenvalue weighted by molar-refractivity contribution is 9.10. The van der Waals surface area contributed by atoms with Crippen molar-refractivity contribution in [2.45, 2.75) is 32.9 Å². The molecule has 0 spiro atoms. The van der Waals surface area contributed by atoms with Crippen molar-refractivity contribution >= 4 is 27.5 Å². The van der Waals surface area contributed by atoms with E-state index in [2.05, 4.69) is 26.6 Å². The number of aryl methyl sites for hydroxylation is 1. The molecule has 2 atom stereocenters. The third-order valence-corrected chi connectivity index (χ3v) is 4.40. The van der Waals surface area contributed by atoms with Crippen molar-refractivity contribution in [3.05, 3.63) is 58.1 Å². The molecule has 4 nitrogen and oxygen atoms in total. The lowest BCUT2D eigenvalue weighted by atomic mass is 10.1. The van der Waals surface area contributed by atoms with Crippen LogP contribution >= 0.6 is 15.9 Å². The SMILES string of the molecule is COc1ccc(C)cc1NC(=O)[C@@H](C)N[C@H](C)c1ccc(Br)cc1. The van der Waals surface area contributed by atoms with E-state index in [1.165, 1.54) is 0 Å². The fourth-order valence-corrected chi connectivity index (χ4v) is 2.72. The number of anilines is 1. The van der Waals surface area contributed by atoms with E-state index in [1.54, 1.807) is 7.11 Å². The van der Waals surface area contributed by atoms with E-state index in [0.717, 1.165) is 15.6 Å². The van der Waals surface area contributed by atoms with Crippen molar-refractivity contribution in [2.75, 3.05) is 12.4 Å². The first kappa shape index (κ1) is 18.5. The molecule has 5 heteroatoms. The molecule has 0 aliphatic carbocycles. The molecule has 2 rings (SSSR count). The molecule has 0 bridgehead atoms. The Labute approximate surface area is 151 Å². The summed E-state index contributed by atoms with van der Waals surface area (Å²) < 4.78 is 6.34. The van der Waals surface area contributed by atoms with Crippen molar-refractivity contribution in [3.63, 3.8) is 0 Å². The zero-order valence-electron chi connectivity index (χ0n) is 14.4. The van der Waals surface area contributed by atoms with E-state index in [0.29, 0.717) is 11.4 Å². The molecule has 0 fully saturated rings. The molecular formula is C19H23BrN2O2. The van der Waals surface area contributed by atoms with E-state index < -0.39 is 0 Å². The van der Waals surface area contributed by atoms with Crippen LogP contribution in [0.25, 0.3) is 0 Å². The Kier molecular flexibility index (Phi) is 6.40. The minimum absolute atomic E-state index is 0.0678. The third kappa shape index (κ3) is 4.82. The molecule has 0 heterocycles. The maximum absolute atomic E-state index is 12.5. The normalized spacial score (nSPS) is 13.2. The van der Waals surface area contributed by atoms with Crippen molar-refractivity contribution in [1.29, 1.82) is 0 Å². The smallest absolute Gasteiger partial charge is 0.241 e. The van der Waals surface area contributed by atoms with Crippen molar-refractivity contribution < 1.29 is 9.53 Å². The van der Waals surface area contributed by atoms with Gasteiger partial charge in [0.15, 0.2) is 0 Å². The highest BCUT2D eigenvalue weighted by Gasteiger charge is 2.17. The van der Waals surface area contributed by atoms with Crippen molar-refractivity contribution in [3.8, 4) is 5.75 Å². The van der Waals surface area contributed by atoms with Gasteiger partial charge in [0.1, 0.15) is 5.75 Å². The summed E-state index contributed by atoms with van der Waals surface area (Å²) in [7, 11) is 1.59. The van der Waals surface area contributed by atoms with E-state index in [4.69, 9.17) is 4.74 Å². The summed E-state index contributed by atoms with van der Waals surface area (Å²) in [5, 5.41) is 6.25. The predicted molar refractivity (Wildman–Crippen MR) is 102 cm³/mol. The Hall–Kier alpha value is -1.85. The van der Waals surface area contributed by atoms with Gasteiger partial charge in [0.2, 0.25) is 5.91 Å². The van der Waals surface area contributed by atoms with Crippen LogP contribution in [-0.4, -0.2) is 19.1 Å². The molecule has 0 saturated carbocycles. The molecule has 24 heavy (non-hydrogen) atoms. The average Bonchev–Trinajstić information content (AvgIpc) is 2.55. The van der Waals surface area contributed by atoms with Crippen LogP contribution in [0.4, 0.5) is 5.69 Å². The van der Waals surface area contributed by atoms with Gasteiger partial charge < -0.3 is 10.1 Å². The second-order valence-electron chi connectivity index (χ2n) is 5.85. The minimum atomic E-state index is -0.339. The topological polar surface area (TPSA) is 50.4 Å². The van der Waals surface area contributed by atoms with Crippen LogP contribution in [0, 0.1) is 6.92 Å². The first-order valence-corrected chi connectivity index (χ1v) is 8.67. The van der Waals surface area contributed by atoms with Crippen LogP contribution in [0.3, 0.4) is 0 Å². The van der Waals surface area contributed by atoms with Crippen LogP contribution in [0.15, 0.2) is 46.9 Å². The van der Waals surface area contributed by atoms with Crippen LogP contribution in [0.2, 0.25) is 0 Å². The molecule has 0 aromatic heterocycles. The second kappa shape index (κ2) is 8.31. The standard InChI is InChI=1S/C19H23BrN2O2/c1-12-5-10-18(24-4)17(11-12)22-19(23)14(3)21-13(2)15-6-8-16(20)9-7-15/h5-11,13-14,21H,1-4H3,(H,22,23)/t13-,14-/m1/s1. The van der Waals surface area contributed by atoms with Gasteiger partial charge in [0, 0.05) is 10.5 Å². The maximum Gasteiger partial charge on any atom is 0.241 e. The quantitative estimate of drug-likeness (QED) is 0.765. The summed E-state index contributed by atoms with van der Waals surface area (Å²) in [6.45, 7) is 5.87. The minimum Gasteiger partial charge on any atom is -0.495 e. The Morgan fingerprint density at radius 1 is 1.12 bits per heavy atom. The number of methoxy groups -OCH3 is 1. The number of rotatable bonds is 6. The predicted octanol–water partition coefficient (Wildman–Crippen LogP) is 4.44. The van der Waals surface area contributed by atoms with Gasteiger partial charge in [0.05, 0.1) is 18.8 Å². The molecule has 2 N–H and O–H groups in total. The van der Waals surface area contributed by atoms with Gasteiger partial charge in [-0.3, -0.25) is 10.1 Å². The van der Waals surface area contributed by atoms with Gasteiger partial charge in [0.25, 0.3) is 0 Å². The van der Waals surface area contributed by atoms with Crippen LogP contribution in [-0.2, 0) is 4.79 Å². The van der Waals surface area contributed by atoms with E-state index in [1.807, 2.05) is 63.2 Å². The molecule has 1 amide bonds. The van der Waals surface area contributed by atoms with Gasteiger partial charge in [-0.05, 0) is 56.2 Å². The van der Waals surface area contributed by atoms with Crippen LogP contribution in [0.1, 0.15) is 31.0 Å².